The molecule has 1 heterocycles. The molecule has 0 saturated carbocycles. The van der Waals surface area contributed by atoms with Gasteiger partial charge in [-0.2, -0.15) is 0 Å². The molecule has 0 aliphatic heterocycles. The van der Waals surface area contributed by atoms with Crippen molar-refractivity contribution in [3.63, 3.8) is 0 Å². The van der Waals surface area contributed by atoms with Crippen LogP contribution in [0.5, 0.6) is 0 Å². The zero-order valence-corrected chi connectivity index (χ0v) is 11.1. The molecule has 1 aromatic carbocycles. The van der Waals surface area contributed by atoms with Crippen LogP contribution >= 0.6 is 0 Å². The van der Waals surface area contributed by atoms with Crippen LogP contribution in [0.2, 0.25) is 0 Å². The number of anilines is 2. The number of nitrogens with one attached hydrogen (secondary N) is 1. The monoisotopic (exact) mass is 297 g/mol. The van der Waals surface area contributed by atoms with Gasteiger partial charge in [0.1, 0.15) is 10.7 Å². The second-order valence-corrected chi connectivity index (χ2v) is 5.64. The number of aryl methyl sites for hydroxylation is 1. The number of carboxylic acid groups (broad SMARTS) is 1. The van der Waals surface area contributed by atoms with E-state index in [4.69, 9.17) is 15.4 Å². The lowest BCUT2D eigenvalue weighted by Gasteiger charge is -2.08. The van der Waals surface area contributed by atoms with Gasteiger partial charge >= 0.3 is 5.97 Å². The predicted octanol–water partition coefficient (Wildman–Crippen LogP) is 1.06. The number of benzene rings is 1. The number of aromatic nitrogens is 1. The molecule has 2 rings (SSSR count). The molecule has 0 spiro atoms. The highest BCUT2D eigenvalue weighted by atomic mass is 32.2. The van der Waals surface area contributed by atoms with Crippen molar-refractivity contribution >= 4 is 27.5 Å². The van der Waals surface area contributed by atoms with Gasteiger partial charge in [-0.05, 0) is 25.1 Å². The minimum atomic E-state index is -4.10. The Bertz CT molecular complexity index is 766. The summed E-state index contributed by atoms with van der Waals surface area (Å²) in [6.45, 7) is 1.59. The van der Waals surface area contributed by atoms with E-state index in [1.807, 2.05) is 0 Å². The summed E-state index contributed by atoms with van der Waals surface area (Å²) in [5, 5.41) is 12.5. The average molecular weight is 297 g/mol. The molecule has 8 nitrogen and oxygen atoms in total. The number of aromatic carboxylic acids is 1. The third-order valence-electron chi connectivity index (χ3n) is 2.39. The van der Waals surface area contributed by atoms with Gasteiger partial charge in [0.05, 0.1) is 5.56 Å². The second kappa shape index (κ2) is 4.85. The molecule has 0 unspecified atom stereocenters. The van der Waals surface area contributed by atoms with Crippen LogP contribution in [0.1, 0.15) is 16.1 Å². The van der Waals surface area contributed by atoms with E-state index in [1.165, 1.54) is 12.1 Å². The molecule has 2 aromatic rings. The van der Waals surface area contributed by atoms with Gasteiger partial charge in [0.15, 0.2) is 5.82 Å². The van der Waals surface area contributed by atoms with E-state index in [0.717, 1.165) is 12.1 Å². The normalized spacial score (nSPS) is 11.2. The molecule has 0 saturated heterocycles. The third-order valence-corrected chi connectivity index (χ3v) is 3.80. The molecule has 20 heavy (non-hydrogen) atoms. The largest absolute Gasteiger partial charge is 0.478 e. The first kappa shape index (κ1) is 13.9. The highest BCUT2D eigenvalue weighted by molar-refractivity contribution is 7.92. The molecule has 0 bridgehead atoms. The number of carbonyl (C=O) groups is 1. The van der Waals surface area contributed by atoms with E-state index in [1.54, 1.807) is 6.92 Å². The summed E-state index contributed by atoms with van der Waals surface area (Å²) in [7, 11) is -4.10. The van der Waals surface area contributed by atoms with E-state index in [0.29, 0.717) is 5.76 Å². The minimum Gasteiger partial charge on any atom is -0.478 e. The molecule has 0 radical (unpaired) electrons. The van der Waals surface area contributed by atoms with Crippen molar-refractivity contribution in [2.75, 3.05) is 10.5 Å². The lowest BCUT2D eigenvalue weighted by atomic mass is 10.2. The fraction of sp³-hybridized carbons (Fsp3) is 0.0909. The van der Waals surface area contributed by atoms with Gasteiger partial charge in [-0.1, -0.05) is 5.16 Å². The Morgan fingerprint density at radius 3 is 2.65 bits per heavy atom. The number of rotatable bonds is 4. The number of carboxylic acids is 1. The van der Waals surface area contributed by atoms with Gasteiger partial charge < -0.3 is 15.4 Å². The van der Waals surface area contributed by atoms with Gasteiger partial charge in [-0.3, -0.25) is 4.72 Å². The SMILES string of the molecule is Cc1cc(NS(=O)(=O)c2ccc(N)cc2C(=O)O)no1. The maximum Gasteiger partial charge on any atom is 0.337 e. The Morgan fingerprint density at radius 1 is 1.40 bits per heavy atom. The first-order valence-corrected chi connectivity index (χ1v) is 6.87. The molecule has 1 aromatic heterocycles. The fourth-order valence-corrected chi connectivity index (χ4v) is 2.72. The van der Waals surface area contributed by atoms with Crippen molar-refractivity contribution in [3.8, 4) is 0 Å². The number of nitrogen functional groups attached to an aromatic ring is 1. The number of hydrogen-bond donors (Lipinski definition) is 3. The predicted molar refractivity (Wildman–Crippen MR) is 69.9 cm³/mol. The van der Waals surface area contributed by atoms with E-state index in [9.17, 15) is 13.2 Å². The van der Waals surface area contributed by atoms with Crippen molar-refractivity contribution in [1.82, 2.24) is 5.16 Å². The van der Waals surface area contributed by atoms with E-state index in [-0.39, 0.29) is 11.5 Å². The standard InChI is InChI=1S/C11H11N3O5S/c1-6-4-10(13-19-6)14-20(17,18)9-3-2-7(12)5-8(9)11(15)16/h2-5H,12H2,1H3,(H,13,14)(H,15,16). The summed E-state index contributed by atoms with van der Waals surface area (Å²) in [6, 6.07) is 4.86. The summed E-state index contributed by atoms with van der Waals surface area (Å²) < 4.78 is 31.2. The Kier molecular flexibility index (Phi) is 3.36. The molecular weight excluding hydrogens is 286 g/mol. The van der Waals surface area contributed by atoms with E-state index >= 15 is 0 Å². The van der Waals surface area contributed by atoms with Crippen LogP contribution in [0.3, 0.4) is 0 Å². The molecule has 0 aliphatic carbocycles. The summed E-state index contributed by atoms with van der Waals surface area (Å²) in [4.78, 5) is 10.7. The van der Waals surface area contributed by atoms with Gasteiger partial charge in [0, 0.05) is 11.8 Å². The summed E-state index contributed by atoms with van der Waals surface area (Å²) in [5.74, 6) is -1.01. The second-order valence-electron chi connectivity index (χ2n) is 3.99. The molecule has 0 atom stereocenters. The van der Waals surface area contributed by atoms with Gasteiger partial charge in [0.2, 0.25) is 0 Å². The van der Waals surface area contributed by atoms with Crippen LogP contribution < -0.4 is 10.5 Å². The molecule has 0 amide bonds. The van der Waals surface area contributed by atoms with Crippen LogP contribution in [-0.4, -0.2) is 24.7 Å². The van der Waals surface area contributed by atoms with Crippen LogP contribution in [0.15, 0.2) is 33.7 Å². The number of nitrogens with zero attached hydrogens (tertiary/aromatic N) is 1. The van der Waals surface area contributed by atoms with Gasteiger partial charge in [-0.15, -0.1) is 0 Å². The van der Waals surface area contributed by atoms with Crippen molar-refractivity contribution < 1.29 is 22.8 Å². The van der Waals surface area contributed by atoms with Crippen LogP contribution in [0, 0.1) is 6.92 Å². The molecule has 9 heteroatoms. The third kappa shape index (κ3) is 2.72. The highest BCUT2D eigenvalue weighted by Gasteiger charge is 2.23. The Morgan fingerprint density at radius 2 is 2.10 bits per heavy atom. The van der Waals surface area contributed by atoms with Crippen LogP contribution in [0.25, 0.3) is 0 Å². The molecule has 0 fully saturated rings. The molecular formula is C11H11N3O5S. The van der Waals surface area contributed by atoms with Crippen molar-refractivity contribution in [2.24, 2.45) is 0 Å². The first-order chi connectivity index (χ1) is 9.29. The number of nitrogens with two attached hydrogens (primary N) is 1. The zero-order valence-electron chi connectivity index (χ0n) is 10.3. The zero-order chi connectivity index (χ0) is 14.9. The van der Waals surface area contributed by atoms with Gasteiger partial charge in [0.25, 0.3) is 10.0 Å². The van der Waals surface area contributed by atoms with Crippen molar-refractivity contribution in [2.45, 2.75) is 11.8 Å². The maximum absolute atomic E-state index is 12.2. The lowest BCUT2D eigenvalue weighted by Crippen LogP contribution is -2.17. The summed E-state index contributed by atoms with van der Waals surface area (Å²) >= 11 is 0. The van der Waals surface area contributed by atoms with E-state index in [2.05, 4.69) is 9.88 Å². The Balaban J connectivity index is 2.46. The topological polar surface area (TPSA) is 136 Å². The quantitative estimate of drug-likeness (QED) is 0.718. The fourth-order valence-electron chi connectivity index (χ4n) is 1.56. The maximum atomic E-state index is 12.2. The minimum absolute atomic E-state index is 0.0318. The van der Waals surface area contributed by atoms with Crippen LogP contribution in [0.4, 0.5) is 11.5 Å². The van der Waals surface area contributed by atoms with Crippen molar-refractivity contribution in [1.29, 1.82) is 0 Å². The van der Waals surface area contributed by atoms with Crippen molar-refractivity contribution in [3.05, 3.63) is 35.6 Å². The summed E-state index contributed by atoms with van der Waals surface area (Å²) in [5.41, 5.74) is 5.19. The highest BCUT2D eigenvalue weighted by Crippen LogP contribution is 2.21. The van der Waals surface area contributed by atoms with E-state index < -0.39 is 26.5 Å². The molecule has 106 valence electrons. The summed E-state index contributed by atoms with van der Waals surface area (Å²) in [6.07, 6.45) is 0. The average Bonchev–Trinajstić information content (AvgIpc) is 2.73. The van der Waals surface area contributed by atoms with Gasteiger partial charge in [-0.25, -0.2) is 13.2 Å². The number of sulfonamides is 1. The molecule has 4 N–H and O–H groups in total. The smallest absolute Gasteiger partial charge is 0.337 e. The number of hydrogen-bond acceptors (Lipinski definition) is 6. The Hall–Kier alpha value is -2.55. The lowest BCUT2D eigenvalue weighted by molar-refractivity contribution is 0.0692. The Labute approximate surface area is 114 Å². The first-order valence-electron chi connectivity index (χ1n) is 5.38. The molecule has 0 aliphatic rings. The van der Waals surface area contributed by atoms with Crippen LogP contribution in [-0.2, 0) is 10.0 Å².